The van der Waals surface area contributed by atoms with E-state index < -0.39 is 0 Å². The number of aromatic nitrogens is 2. The molecule has 110 valence electrons. The van der Waals surface area contributed by atoms with Crippen molar-refractivity contribution in [2.45, 2.75) is 19.8 Å². The second-order valence-corrected chi connectivity index (χ2v) is 5.41. The van der Waals surface area contributed by atoms with Gasteiger partial charge in [-0.15, -0.1) is 0 Å². The zero-order valence-electron chi connectivity index (χ0n) is 12.1. The summed E-state index contributed by atoms with van der Waals surface area (Å²) in [6.45, 7) is 2.91. The van der Waals surface area contributed by atoms with E-state index >= 15 is 0 Å². The molecular formula is C13H21N5O2. The minimum atomic E-state index is -0.164. The minimum Gasteiger partial charge on any atom is -0.395 e. The van der Waals surface area contributed by atoms with Crippen LogP contribution in [0.3, 0.4) is 0 Å². The van der Waals surface area contributed by atoms with Gasteiger partial charge in [0.25, 0.3) is 5.91 Å². The van der Waals surface area contributed by atoms with Crippen LogP contribution in [0.15, 0.2) is 0 Å². The van der Waals surface area contributed by atoms with Gasteiger partial charge in [0.05, 0.1) is 11.4 Å². The normalized spacial score (nSPS) is 16.2. The predicted octanol–water partition coefficient (Wildman–Crippen LogP) is 0.241. The largest absolute Gasteiger partial charge is 0.395 e. The number of nitrogens with two attached hydrogens (primary N) is 1. The molecule has 0 radical (unpaired) electrons. The Kier molecular flexibility index (Phi) is 3.96. The van der Waals surface area contributed by atoms with E-state index in [0.29, 0.717) is 37.3 Å². The number of amides is 2. The summed E-state index contributed by atoms with van der Waals surface area (Å²) in [5, 5.41) is 6.67. The Morgan fingerprint density at radius 3 is 2.40 bits per heavy atom. The number of piperidine rings is 1. The van der Waals surface area contributed by atoms with E-state index in [4.69, 9.17) is 5.73 Å². The van der Waals surface area contributed by atoms with Crippen LogP contribution in [-0.4, -0.2) is 59.0 Å². The monoisotopic (exact) mass is 279 g/mol. The highest BCUT2D eigenvalue weighted by Crippen LogP contribution is 2.22. The highest BCUT2D eigenvalue weighted by Gasteiger charge is 2.30. The maximum Gasteiger partial charge on any atom is 0.276 e. The fourth-order valence-electron chi connectivity index (χ4n) is 2.45. The molecule has 0 aromatic carbocycles. The van der Waals surface area contributed by atoms with Gasteiger partial charge < -0.3 is 15.5 Å². The Labute approximate surface area is 118 Å². The summed E-state index contributed by atoms with van der Waals surface area (Å²) in [5.41, 5.74) is 7.21. The Balaban J connectivity index is 1.99. The molecule has 2 amide bonds. The number of H-pyrrole nitrogens is 1. The van der Waals surface area contributed by atoms with Gasteiger partial charge in [0, 0.05) is 33.1 Å². The van der Waals surface area contributed by atoms with E-state index in [2.05, 4.69) is 10.2 Å². The number of nitrogens with zero attached hydrogens (tertiary/aromatic N) is 3. The van der Waals surface area contributed by atoms with Crippen LogP contribution in [-0.2, 0) is 4.79 Å². The summed E-state index contributed by atoms with van der Waals surface area (Å²) < 4.78 is 0. The van der Waals surface area contributed by atoms with Crippen molar-refractivity contribution in [2.75, 3.05) is 32.9 Å². The number of aryl methyl sites for hydroxylation is 1. The topological polar surface area (TPSA) is 95.3 Å². The molecule has 0 unspecified atom stereocenters. The lowest BCUT2D eigenvalue weighted by molar-refractivity contribution is -0.134. The van der Waals surface area contributed by atoms with Gasteiger partial charge in [-0.1, -0.05) is 0 Å². The SMILES string of the molecule is Cc1[nH]nc(C(=O)N2CCC(C(=O)N(C)C)CC2)c1N. The van der Waals surface area contributed by atoms with E-state index in [0.717, 1.165) is 0 Å². The molecule has 2 heterocycles. The average Bonchev–Trinajstić information content (AvgIpc) is 2.77. The van der Waals surface area contributed by atoms with Crippen LogP contribution in [0, 0.1) is 12.8 Å². The van der Waals surface area contributed by atoms with E-state index in [1.165, 1.54) is 0 Å². The number of hydrogen-bond acceptors (Lipinski definition) is 4. The third-order valence-electron chi connectivity index (χ3n) is 3.77. The van der Waals surface area contributed by atoms with Crippen molar-refractivity contribution >= 4 is 17.5 Å². The molecule has 2 rings (SSSR count). The van der Waals surface area contributed by atoms with Gasteiger partial charge in [-0.3, -0.25) is 14.7 Å². The van der Waals surface area contributed by atoms with Crippen LogP contribution in [0.4, 0.5) is 5.69 Å². The first-order valence-electron chi connectivity index (χ1n) is 6.72. The Bertz CT molecular complexity index is 515. The first-order valence-corrected chi connectivity index (χ1v) is 6.72. The third-order valence-corrected chi connectivity index (χ3v) is 3.77. The number of aromatic amines is 1. The van der Waals surface area contributed by atoms with Crippen LogP contribution in [0.25, 0.3) is 0 Å². The number of nitrogen functional groups attached to an aromatic ring is 1. The number of rotatable bonds is 2. The maximum atomic E-state index is 12.3. The molecule has 0 atom stereocenters. The Morgan fingerprint density at radius 2 is 1.95 bits per heavy atom. The van der Waals surface area contributed by atoms with Gasteiger partial charge in [-0.2, -0.15) is 5.10 Å². The van der Waals surface area contributed by atoms with Crippen LogP contribution in [0.5, 0.6) is 0 Å². The molecule has 0 saturated carbocycles. The average molecular weight is 279 g/mol. The van der Waals surface area contributed by atoms with Gasteiger partial charge in [0.1, 0.15) is 0 Å². The van der Waals surface area contributed by atoms with Crippen molar-refractivity contribution in [3.8, 4) is 0 Å². The summed E-state index contributed by atoms with van der Waals surface area (Å²) in [7, 11) is 3.51. The summed E-state index contributed by atoms with van der Waals surface area (Å²) in [6, 6.07) is 0. The van der Waals surface area contributed by atoms with Gasteiger partial charge in [0.2, 0.25) is 5.91 Å². The molecule has 1 aromatic rings. The van der Waals surface area contributed by atoms with E-state index in [1.807, 2.05) is 0 Å². The zero-order valence-corrected chi connectivity index (χ0v) is 12.1. The van der Waals surface area contributed by atoms with Crippen LogP contribution >= 0.6 is 0 Å². The number of nitrogens with one attached hydrogen (secondary N) is 1. The second kappa shape index (κ2) is 5.52. The number of likely N-dealkylation sites (tertiary alicyclic amines) is 1. The van der Waals surface area contributed by atoms with E-state index in [1.54, 1.807) is 30.8 Å². The molecule has 1 aliphatic heterocycles. The maximum absolute atomic E-state index is 12.3. The molecule has 1 aromatic heterocycles. The third kappa shape index (κ3) is 2.61. The Morgan fingerprint density at radius 1 is 1.35 bits per heavy atom. The van der Waals surface area contributed by atoms with Crippen molar-refractivity contribution in [3.05, 3.63) is 11.4 Å². The van der Waals surface area contributed by atoms with Gasteiger partial charge in [-0.05, 0) is 19.8 Å². The lowest BCUT2D eigenvalue weighted by atomic mass is 9.95. The molecule has 20 heavy (non-hydrogen) atoms. The molecule has 0 spiro atoms. The Hall–Kier alpha value is -2.05. The van der Waals surface area contributed by atoms with Crippen LogP contribution < -0.4 is 5.73 Å². The molecule has 7 nitrogen and oxygen atoms in total. The fourth-order valence-corrected chi connectivity index (χ4v) is 2.45. The van der Waals surface area contributed by atoms with Crippen LogP contribution in [0.1, 0.15) is 29.0 Å². The fraction of sp³-hybridized carbons (Fsp3) is 0.615. The standard InChI is InChI=1S/C13H21N5O2/c1-8-10(14)11(16-15-8)13(20)18-6-4-9(5-7-18)12(19)17(2)3/h9H,4-7,14H2,1-3H3,(H,15,16). The molecule has 1 fully saturated rings. The number of carbonyl (C=O) groups is 2. The highest BCUT2D eigenvalue weighted by molar-refractivity contribution is 5.97. The first-order chi connectivity index (χ1) is 9.41. The zero-order chi connectivity index (χ0) is 14.9. The summed E-state index contributed by atoms with van der Waals surface area (Å²) in [6.07, 6.45) is 1.37. The second-order valence-electron chi connectivity index (χ2n) is 5.41. The van der Waals surface area contributed by atoms with Crippen LogP contribution in [0.2, 0.25) is 0 Å². The molecule has 7 heteroatoms. The molecule has 0 aliphatic carbocycles. The van der Waals surface area contributed by atoms with Gasteiger partial charge >= 0.3 is 0 Å². The van der Waals surface area contributed by atoms with Gasteiger partial charge in [-0.25, -0.2) is 0 Å². The van der Waals surface area contributed by atoms with Crippen molar-refractivity contribution < 1.29 is 9.59 Å². The molecular weight excluding hydrogens is 258 g/mol. The van der Waals surface area contributed by atoms with Crippen molar-refractivity contribution in [1.29, 1.82) is 0 Å². The molecule has 1 aliphatic rings. The summed E-state index contributed by atoms with van der Waals surface area (Å²) >= 11 is 0. The van der Waals surface area contributed by atoms with Crippen molar-refractivity contribution in [1.82, 2.24) is 20.0 Å². The van der Waals surface area contributed by atoms with E-state index in [9.17, 15) is 9.59 Å². The predicted molar refractivity (Wildman–Crippen MR) is 75.1 cm³/mol. The summed E-state index contributed by atoms with van der Waals surface area (Å²) in [5.74, 6) is -0.0258. The molecule has 0 bridgehead atoms. The van der Waals surface area contributed by atoms with E-state index in [-0.39, 0.29) is 23.4 Å². The molecule has 3 N–H and O–H groups in total. The number of anilines is 1. The summed E-state index contributed by atoms with van der Waals surface area (Å²) in [4.78, 5) is 27.5. The number of hydrogen-bond donors (Lipinski definition) is 2. The molecule has 1 saturated heterocycles. The lowest BCUT2D eigenvalue weighted by Crippen LogP contribution is -2.43. The van der Waals surface area contributed by atoms with Crippen molar-refractivity contribution in [3.63, 3.8) is 0 Å². The quantitative estimate of drug-likeness (QED) is 0.810. The highest BCUT2D eigenvalue weighted by atomic mass is 16.2. The smallest absolute Gasteiger partial charge is 0.276 e. The first kappa shape index (κ1) is 14.4. The number of carbonyl (C=O) groups excluding carboxylic acids is 2. The minimum absolute atomic E-state index is 0.00677. The van der Waals surface area contributed by atoms with Gasteiger partial charge in [0.15, 0.2) is 5.69 Å². The lowest BCUT2D eigenvalue weighted by Gasteiger charge is -2.32. The van der Waals surface area contributed by atoms with Crippen molar-refractivity contribution in [2.24, 2.45) is 5.92 Å².